The molecule has 1 aromatic carbocycles. The van der Waals surface area contributed by atoms with Crippen LogP contribution in [0.4, 0.5) is 24.5 Å². The van der Waals surface area contributed by atoms with Crippen molar-refractivity contribution >= 4 is 39.2 Å². The van der Waals surface area contributed by atoms with Crippen LogP contribution >= 0.6 is 15.9 Å². The van der Waals surface area contributed by atoms with E-state index in [1.165, 1.54) is 0 Å². The van der Waals surface area contributed by atoms with Crippen LogP contribution in [-0.2, 0) is 25.2 Å². The minimum absolute atomic E-state index is 0.200. The SMILES string of the molecule is COC(=O)/C=C(/Nc1c([N+](=O)[O-])cc(Br)cc1C(F)(F)F)C(=O)OC. The van der Waals surface area contributed by atoms with Gasteiger partial charge in [-0.2, -0.15) is 13.2 Å². The van der Waals surface area contributed by atoms with Gasteiger partial charge >= 0.3 is 18.1 Å². The van der Waals surface area contributed by atoms with Crippen LogP contribution in [0, 0.1) is 10.1 Å². The molecule has 0 heterocycles. The van der Waals surface area contributed by atoms with Gasteiger partial charge in [-0.05, 0) is 6.07 Å². The molecule has 1 aromatic rings. The van der Waals surface area contributed by atoms with Crippen molar-refractivity contribution in [3.63, 3.8) is 0 Å². The summed E-state index contributed by atoms with van der Waals surface area (Å²) in [4.78, 5) is 33.0. The first-order valence-corrected chi connectivity index (χ1v) is 7.00. The smallest absolute Gasteiger partial charge is 0.418 e. The molecule has 0 spiro atoms. The number of ether oxygens (including phenoxy) is 2. The second-order valence-electron chi connectivity index (χ2n) is 4.30. The van der Waals surface area contributed by atoms with Gasteiger partial charge in [-0.25, -0.2) is 9.59 Å². The first kappa shape index (κ1) is 20.4. The van der Waals surface area contributed by atoms with Gasteiger partial charge in [0.25, 0.3) is 5.69 Å². The van der Waals surface area contributed by atoms with E-state index in [9.17, 15) is 32.9 Å². The van der Waals surface area contributed by atoms with Crippen LogP contribution in [0.3, 0.4) is 0 Å². The number of carbonyl (C=O) groups is 2. The molecule has 0 unspecified atom stereocenters. The number of nitrogens with one attached hydrogen (secondary N) is 1. The van der Waals surface area contributed by atoms with Crippen molar-refractivity contribution in [3.8, 4) is 0 Å². The fraction of sp³-hybridized carbons (Fsp3) is 0.231. The summed E-state index contributed by atoms with van der Waals surface area (Å²) in [6, 6.07) is 1.40. The molecule has 0 saturated heterocycles. The van der Waals surface area contributed by atoms with Gasteiger partial charge in [-0.3, -0.25) is 10.1 Å². The number of rotatable bonds is 5. The van der Waals surface area contributed by atoms with E-state index >= 15 is 0 Å². The van der Waals surface area contributed by atoms with Crippen LogP contribution in [-0.4, -0.2) is 31.1 Å². The van der Waals surface area contributed by atoms with E-state index in [2.05, 4.69) is 25.4 Å². The van der Waals surface area contributed by atoms with Gasteiger partial charge in [-0.1, -0.05) is 15.9 Å². The van der Waals surface area contributed by atoms with E-state index in [0.29, 0.717) is 12.1 Å². The van der Waals surface area contributed by atoms with Crippen LogP contribution in [0.2, 0.25) is 0 Å². The molecule has 0 atom stereocenters. The fourth-order valence-electron chi connectivity index (χ4n) is 1.66. The highest BCUT2D eigenvalue weighted by molar-refractivity contribution is 9.10. The normalized spacial score (nSPS) is 11.7. The molecule has 0 aliphatic carbocycles. The molecule has 0 aliphatic rings. The molecule has 0 radical (unpaired) electrons. The van der Waals surface area contributed by atoms with Gasteiger partial charge in [0.15, 0.2) is 0 Å². The predicted octanol–water partition coefficient (Wildman–Crippen LogP) is 3.02. The van der Waals surface area contributed by atoms with Gasteiger partial charge in [0.05, 0.1) is 30.8 Å². The first-order chi connectivity index (χ1) is 11.5. The van der Waals surface area contributed by atoms with Crippen molar-refractivity contribution in [3.05, 3.63) is 44.1 Å². The zero-order valence-corrected chi connectivity index (χ0v) is 14.2. The number of anilines is 1. The Morgan fingerprint density at radius 2 is 1.88 bits per heavy atom. The van der Waals surface area contributed by atoms with Gasteiger partial charge in [0.1, 0.15) is 11.4 Å². The lowest BCUT2D eigenvalue weighted by atomic mass is 10.1. The number of halogens is 4. The minimum atomic E-state index is -4.98. The molecule has 1 rings (SSSR count). The molecular formula is C13H10BrF3N2O6. The van der Waals surface area contributed by atoms with E-state index in [4.69, 9.17) is 0 Å². The zero-order valence-electron chi connectivity index (χ0n) is 12.6. The number of nitro groups is 1. The summed E-state index contributed by atoms with van der Waals surface area (Å²) < 4.78 is 48.1. The number of methoxy groups -OCH3 is 2. The standard InChI is InChI=1S/C13H10BrF3N2O6/c1-24-10(20)5-8(12(21)25-2)18-11-7(13(15,16)17)3-6(14)4-9(11)19(22)23/h3-5,18H,1-2H3/b8-5+. The zero-order chi connectivity index (χ0) is 19.4. The van der Waals surface area contributed by atoms with Gasteiger partial charge in [0.2, 0.25) is 0 Å². The number of nitrogens with zero attached hydrogens (tertiary/aromatic N) is 1. The van der Waals surface area contributed by atoms with E-state index in [1.807, 2.05) is 5.32 Å². The maximum Gasteiger partial charge on any atom is 0.418 e. The number of esters is 2. The molecule has 12 heteroatoms. The monoisotopic (exact) mass is 426 g/mol. The largest absolute Gasteiger partial charge is 0.466 e. The topological polar surface area (TPSA) is 108 Å². The summed E-state index contributed by atoms with van der Waals surface area (Å²) in [5.74, 6) is -2.31. The molecular weight excluding hydrogens is 417 g/mol. The Hall–Kier alpha value is -2.63. The Labute approximate surface area is 146 Å². The molecule has 0 fully saturated rings. The lowest BCUT2D eigenvalue weighted by Crippen LogP contribution is -2.19. The molecule has 0 aromatic heterocycles. The molecule has 25 heavy (non-hydrogen) atoms. The Kier molecular flexibility index (Phi) is 6.50. The summed E-state index contributed by atoms with van der Waals surface area (Å²) in [7, 11) is 1.88. The van der Waals surface area contributed by atoms with Crippen molar-refractivity contribution in [1.29, 1.82) is 0 Å². The first-order valence-electron chi connectivity index (χ1n) is 6.21. The summed E-state index contributed by atoms with van der Waals surface area (Å²) in [5, 5.41) is 13.1. The second-order valence-corrected chi connectivity index (χ2v) is 5.22. The van der Waals surface area contributed by atoms with Crippen LogP contribution in [0.25, 0.3) is 0 Å². The number of alkyl halides is 3. The summed E-state index contributed by atoms with van der Waals surface area (Å²) >= 11 is 2.76. The average Bonchev–Trinajstić information content (AvgIpc) is 2.52. The van der Waals surface area contributed by atoms with E-state index in [-0.39, 0.29) is 4.47 Å². The summed E-state index contributed by atoms with van der Waals surface area (Å²) in [6.07, 6.45) is -4.47. The van der Waals surface area contributed by atoms with Crippen LogP contribution in [0.5, 0.6) is 0 Å². The Balaban J connectivity index is 3.62. The van der Waals surface area contributed by atoms with Gasteiger partial charge in [0, 0.05) is 10.5 Å². The third-order valence-electron chi connectivity index (χ3n) is 2.71. The molecule has 136 valence electrons. The van der Waals surface area contributed by atoms with Crippen molar-refractivity contribution in [2.24, 2.45) is 0 Å². The number of carbonyl (C=O) groups excluding carboxylic acids is 2. The third-order valence-corrected chi connectivity index (χ3v) is 3.17. The highest BCUT2D eigenvalue weighted by Gasteiger charge is 2.38. The van der Waals surface area contributed by atoms with Crippen LogP contribution in [0.15, 0.2) is 28.4 Å². The quantitative estimate of drug-likeness (QED) is 0.333. The Morgan fingerprint density at radius 3 is 2.32 bits per heavy atom. The number of hydrogen-bond donors (Lipinski definition) is 1. The maximum atomic E-state index is 13.2. The summed E-state index contributed by atoms with van der Waals surface area (Å²) in [5.41, 5.74) is -4.19. The van der Waals surface area contributed by atoms with E-state index < -0.39 is 45.7 Å². The highest BCUT2D eigenvalue weighted by Crippen LogP contribution is 2.42. The molecule has 1 N–H and O–H groups in total. The average molecular weight is 427 g/mol. The second kappa shape index (κ2) is 7.96. The maximum absolute atomic E-state index is 13.2. The van der Waals surface area contributed by atoms with Crippen molar-refractivity contribution < 1.29 is 37.2 Å². The Morgan fingerprint density at radius 1 is 1.28 bits per heavy atom. The van der Waals surface area contributed by atoms with Crippen LogP contribution < -0.4 is 5.32 Å². The molecule has 0 aliphatic heterocycles. The number of hydrogen-bond acceptors (Lipinski definition) is 7. The predicted molar refractivity (Wildman–Crippen MR) is 81.5 cm³/mol. The van der Waals surface area contributed by atoms with Gasteiger partial charge in [-0.15, -0.1) is 0 Å². The third kappa shape index (κ3) is 5.17. The van der Waals surface area contributed by atoms with Crippen molar-refractivity contribution in [2.45, 2.75) is 6.18 Å². The minimum Gasteiger partial charge on any atom is -0.466 e. The summed E-state index contributed by atoms with van der Waals surface area (Å²) in [6.45, 7) is 0. The van der Waals surface area contributed by atoms with Gasteiger partial charge < -0.3 is 14.8 Å². The fourth-order valence-corrected chi connectivity index (χ4v) is 2.10. The Bertz CT molecular complexity index is 748. The number of nitro benzene ring substituents is 1. The molecule has 0 saturated carbocycles. The lowest BCUT2D eigenvalue weighted by molar-refractivity contribution is -0.384. The van der Waals surface area contributed by atoms with E-state index in [1.54, 1.807) is 0 Å². The highest BCUT2D eigenvalue weighted by atomic mass is 79.9. The molecule has 0 bridgehead atoms. The van der Waals surface area contributed by atoms with E-state index in [0.717, 1.165) is 20.3 Å². The van der Waals surface area contributed by atoms with Crippen molar-refractivity contribution in [1.82, 2.24) is 0 Å². The molecule has 8 nitrogen and oxygen atoms in total. The van der Waals surface area contributed by atoms with Crippen LogP contribution in [0.1, 0.15) is 5.56 Å². The lowest BCUT2D eigenvalue weighted by Gasteiger charge is -2.16. The molecule has 0 amide bonds. The van der Waals surface area contributed by atoms with Crippen molar-refractivity contribution in [2.75, 3.05) is 19.5 Å². The number of benzene rings is 1.